The van der Waals surface area contributed by atoms with Gasteiger partial charge in [0.1, 0.15) is 17.2 Å². The molecule has 0 aliphatic carbocycles. The summed E-state index contributed by atoms with van der Waals surface area (Å²) in [6, 6.07) is 18.3. The minimum absolute atomic E-state index is 0.0102. The molecule has 1 aliphatic rings. The first kappa shape index (κ1) is 25.2. The van der Waals surface area contributed by atoms with E-state index in [1.54, 1.807) is 36.2 Å². The van der Waals surface area contributed by atoms with E-state index in [0.29, 0.717) is 67.5 Å². The van der Waals surface area contributed by atoms with Gasteiger partial charge >= 0.3 is 6.09 Å². The third-order valence-electron chi connectivity index (χ3n) is 6.34. The molecule has 0 bridgehead atoms. The van der Waals surface area contributed by atoms with E-state index in [9.17, 15) is 9.18 Å². The molecule has 3 heterocycles. The molecule has 1 atom stereocenters. The third kappa shape index (κ3) is 5.59. The monoisotopic (exact) mass is 516 g/mol. The Morgan fingerprint density at radius 2 is 1.79 bits per heavy atom. The van der Waals surface area contributed by atoms with Gasteiger partial charge in [-0.25, -0.2) is 19.2 Å². The van der Waals surface area contributed by atoms with Gasteiger partial charge in [-0.1, -0.05) is 30.3 Å². The first-order valence-electron chi connectivity index (χ1n) is 12.6. The molecular weight excluding hydrogens is 487 g/mol. The summed E-state index contributed by atoms with van der Waals surface area (Å²) in [5.41, 5.74) is 2.91. The topological polar surface area (TPSA) is 96.6 Å². The van der Waals surface area contributed by atoms with Gasteiger partial charge in [0.15, 0.2) is 5.76 Å². The predicted molar refractivity (Wildman–Crippen MR) is 142 cm³/mol. The number of benzene rings is 2. The number of hydrogen-bond acceptors (Lipinski definition) is 8. The Morgan fingerprint density at radius 3 is 2.50 bits per heavy atom. The molecule has 196 valence electrons. The van der Waals surface area contributed by atoms with E-state index in [0.717, 1.165) is 5.56 Å². The van der Waals surface area contributed by atoms with Crippen molar-refractivity contribution in [2.75, 3.05) is 43.0 Å². The van der Waals surface area contributed by atoms with Gasteiger partial charge in [-0.15, -0.1) is 0 Å². The Hall–Kier alpha value is -4.47. The number of nitrogens with one attached hydrogen (secondary N) is 1. The van der Waals surface area contributed by atoms with Gasteiger partial charge < -0.3 is 24.3 Å². The van der Waals surface area contributed by atoms with Crippen LogP contribution in [0.2, 0.25) is 0 Å². The smallest absolute Gasteiger partial charge is 0.409 e. The number of hydrogen-bond donors (Lipinski definition) is 1. The van der Waals surface area contributed by atoms with Crippen LogP contribution < -0.4 is 10.2 Å². The van der Waals surface area contributed by atoms with Gasteiger partial charge in [-0.3, -0.25) is 0 Å². The number of carbonyl (C=O) groups is 1. The number of aromatic nitrogens is 3. The van der Waals surface area contributed by atoms with Crippen LogP contribution in [0.1, 0.15) is 25.5 Å². The van der Waals surface area contributed by atoms with Crippen LogP contribution in [0, 0.1) is 5.82 Å². The molecule has 38 heavy (non-hydrogen) atoms. The maximum atomic E-state index is 13.7. The second-order valence-corrected chi connectivity index (χ2v) is 8.90. The van der Waals surface area contributed by atoms with E-state index < -0.39 is 0 Å². The quantitative estimate of drug-likeness (QED) is 0.349. The Morgan fingerprint density at radius 1 is 1.05 bits per heavy atom. The number of anilines is 2. The molecular formula is C28H29FN6O3. The molecule has 1 N–H and O–H groups in total. The molecule has 1 fully saturated rings. The molecule has 5 rings (SSSR count). The highest BCUT2D eigenvalue weighted by Gasteiger charge is 2.27. The molecule has 1 saturated heterocycles. The number of oxazole rings is 1. The Labute approximate surface area is 220 Å². The fourth-order valence-corrected chi connectivity index (χ4v) is 4.29. The third-order valence-corrected chi connectivity index (χ3v) is 6.34. The maximum absolute atomic E-state index is 13.7. The zero-order chi connectivity index (χ0) is 26.5. The maximum Gasteiger partial charge on any atom is 0.409 e. The lowest BCUT2D eigenvalue weighted by Crippen LogP contribution is -2.49. The predicted octanol–water partition coefficient (Wildman–Crippen LogP) is 5.39. The molecule has 0 saturated carbocycles. The lowest BCUT2D eigenvalue weighted by atomic mass is 10.1. The van der Waals surface area contributed by atoms with Gasteiger partial charge in [0.25, 0.3) is 6.01 Å². The summed E-state index contributed by atoms with van der Waals surface area (Å²) in [4.78, 5) is 29.6. The van der Waals surface area contributed by atoms with Crippen LogP contribution in [0.5, 0.6) is 0 Å². The van der Waals surface area contributed by atoms with E-state index in [-0.39, 0.29) is 18.0 Å². The number of amides is 1. The second kappa shape index (κ2) is 11.3. The summed E-state index contributed by atoms with van der Waals surface area (Å²) in [6.45, 7) is 6.21. The van der Waals surface area contributed by atoms with Crippen LogP contribution in [0.4, 0.5) is 21.1 Å². The lowest BCUT2D eigenvalue weighted by Gasteiger charge is -2.33. The first-order valence-corrected chi connectivity index (χ1v) is 12.6. The second-order valence-electron chi connectivity index (χ2n) is 8.90. The zero-order valence-electron chi connectivity index (χ0n) is 21.3. The van der Waals surface area contributed by atoms with Crippen molar-refractivity contribution < 1.29 is 18.3 Å². The SMILES string of the molecule is CCOC(=O)N1CCN(c2nc(-c3ccc(F)cc3)c(-c3ccnc(NC(C)c4ccccc4)n3)o2)CC1. The summed E-state index contributed by atoms with van der Waals surface area (Å²) in [5, 5.41) is 3.34. The van der Waals surface area contributed by atoms with Crippen LogP contribution in [-0.4, -0.2) is 58.7 Å². The summed E-state index contributed by atoms with van der Waals surface area (Å²) < 4.78 is 25.1. The molecule has 4 aromatic rings. The molecule has 1 unspecified atom stereocenters. The zero-order valence-corrected chi connectivity index (χ0v) is 21.3. The van der Waals surface area contributed by atoms with E-state index in [2.05, 4.69) is 10.3 Å². The molecule has 1 aliphatic heterocycles. The van der Waals surface area contributed by atoms with Crippen molar-refractivity contribution in [2.45, 2.75) is 19.9 Å². The van der Waals surface area contributed by atoms with Gasteiger partial charge in [-0.2, -0.15) is 4.98 Å². The van der Waals surface area contributed by atoms with Crippen LogP contribution in [0.25, 0.3) is 22.7 Å². The van der Waals surface area contributed by atoms with Crippen molar-refractivity contribution in [3.63, 3.8) is 0 Å². The number of piperazine rings is 1. The van der Waals surface area contributed by atoms with Gasteiger partial charge in [-0.05, 0) is 49.7 Å². The molecule has 1 amide bonds. The van der Waals surface area contributed by atoms with Crippen molar-refractivity contribution in [3.05, 3.63) is 78.2 Å². The highest BCUT2D eigenvalue weighted by Crippen LogP contribution is 2.35. The van der Waals surface area contributed by atoms with Crippen molar-refractivity contribution in [1.82, 2.24) is 19.9 Å². The fourth-order valence-electron chi connectivity index (χ4n) is 4.29. The Balaban J connectivity index is 1.43. The highest BCUT2D eigenvalue weighted by molar-refractivity contribution is 5.77. The van der Waals surface area contributed by atoms with Gasteiger partial charge in [0.05, 0.1) is 12.6 Å². The lowest BCUT2D eigenvalue weighted by molar-refractivity contribution is 0.104. The minimum Gasteiger partial charge on any atom is -0.450 e. The largest absolute Gasteiger partial charge is 0.450 e. The number of halogens is 1. The van der Waals surface area contributed by atoms with E-state index >= 15 is 0 Å². The number of carbonyl (C=O) groups excluding carboxylic acids is 1. The van der Waals surface area contributed by atoms with Gasteiger partial charge in [0, 0.05) is 37.9 Å². The summed E-state index contributed by atoms with van der Waals surface area (Å²) in [6.07, 6.45) is 1.34. The van der Waals surface area contributed by atoms with Crippen LogP contribution >= 0.6 is 0 Å². The molecule has 9 nitrogen and oxygen atoms in total. The standard InChI is InChI=1S/C28H29FN6O3/c1-3-37-28(36)35-17-15-34(16-18-35)27-33-24(21-9-11-22(29)12-10-21)25(38-27)23-13-14-30-26(32-23)31-19(2)20-7-5-4-6-8-20/h4-14,19H,3,15-18H2,1-2H3,(H,30,31,32). The average Bonchev–Trinajstić information content (AvgIpc) is 3.40. The van der Waals surface area contributed by atoms with E-state index in [1.807, 2.05) is 42.2 Å². The van der Waals surface area contributed by atoms with Crippen molar-refractivity contribution >= 4 is 18.1 Å². The van der Waals surface area contributed by atoms with E-state index in [1.165, 1.54) is 12.1 Å². The van der Waals surface area contributed by atoms with Crippen LogP contribution in [-0.2, 0) is 4.74 Å². The van der Waals surface area contributed by atoms with Crippen molar-refractivity contribution in [3.8, 4) is 22.7 Å². The van der Waals surface area contributed by atoms with Crippen molar-refractivity contribution in [2.24, 2.45) is 0 Å². The normalized spacial score (nSPS) is 14.3. The Bertz CT molecular complexity index is 1370. The number of ether oxygens (including phenoxy) is 1. The molecule has 0 radical (unpaired) electrons. The van der Waals surface area contributed by atoms with Gasteiger partial charge in [0.2, 0.25) is 5.95 Å². The number of nitrogens with zero attached hydrogens (tertiary/aromatic N) is 5. The van der Waals surface area contributed by atoms with Crippen molar-refractivity contribution in [1.29, 1.82) is 0 Å². The van der Waals surface area contributed by atoms with Crippen LogP contribution in [0.15, 0.2) is 71.3 Å². The summed E-state index contributed by atoms with van der Waals surface area (Å²) in [7, 11) is 0. The summed E-state index contributed by atoms with van der Waals surface area (Å²) in [5.74, 6) is 0.569. The summed E-state index contributed by atoms with van der Waals surface area (Å²) >= 11 is 0. The molecule has 10 heteroatoms. The fraction of sp³-hybridized carbons (Fsp3) is 0.286. The minimum atomic E-state index is -0.336. The Kier molecular flexibility index (Phi) is 7.48. The number of rotatable bonds is 7. The highest BCUT2D eigenvalue weighted by atomic mass is 19.1. The van der Waals surface area contributed by atoms with E-state index in [4.69, 9.17) is 19.1 Å². The van der Waals surface area contributed by atoms with Crippen LogP contribution in [0.3, 0.4) is 0 Å². The molecule has 2 aromatic carbocycles. The molecule has 2 aromatic heterocycles. The molecule has 0 spiro atoms. The average molecular weight is 517 g/mol. The first-order chi connectivity index (χ1) is 18.5.